The molecule has 0 aliphatic heterocycles. The maximum absolute atomic E-state index is 11.0. The monoisotopic (exact) mass is 284 g/mol. The third-order valence-electron chi connectivity index (χ3n) is 3.78. The quantitative estimate of drug-likeness (QED) is 0.733. The van der Waals surface area contributed by atoms with Crippen LogP contribution in [-0.4, -0.2) is 9.97 Å². The van der Waals surface area contributed by atoms with Gasteiger partial charge in [0.05, 0.1) is 0 Å². The number of aromatic amines is 1. The van der Waals surface area contributed by atoms with E-state index in [1.165, 1.54) is 44.1 Å². The zero-order valence-electron chi connectivity index (χ0n) is 12.8. The van der Waals surface area contributed by atoms with Crippen LogP contribution in [0.1, 0.15) is 51.0 Å². The predicted molar refractivity (Wildman–Crippen MR) is 87.4 cm³/mol. The molecule has 1 heterocycles. The van der Waals surface area contributed by atoms with Crippen molar-refractivity contribution in [2.75, 3.05) is 0 Å². The minimum absolute atomic E-state index is 0.307. The lowest BCUT2D eigenvalue weighted by Crippen LogP contribution is -2.07. The Morgan fingerprint density at radius 2 is 1.67 bits per heavy atom. The van der Waals surface area contributed by atoms with Crippen molar-refractivity contribution in [3.8, 4) is 11.1 Å². The maximum Gasteiger partial charge on any atom is 0.344 e. The van der Waals surface area contributed by atoms with Crippen molar-refractivity contribution >= 4 is 0 Å². The summed E-state index contributed by atoms with van der Waals surface area (Å²) < 4.78 is 0. The summed E-state index contributed by atoms with van der Waals surface area (Å²) in [6.45, 7) is 2.25. The third-order valence-corrected chi connectivity index (χ3v) is 3.78. The van der Waals surface area contributed by atoms with Crippen molar-refractivity contribution in [1.29, 1.82) is 0 Å². The summed E-state index contributed by atoms with van der Waals surface area (Å²) in [6.07, 6.45) is 12.5. The van der Waals surface area contributed by atoms with Crippen molar-refractivity contribution in [2.24, 2.45) is 0 Å². The van der Waals surface area contributed by atoms with E-state index in [1.54, 1.807) is 12.4 Å². The average Bonchev–Trinajstić information content (AvgIpc) is 2.52. The molecule has 0 aliphatic carbocycles. The summed E-state index contributed by atoms with van der Waals surface area (Å²) in [6, 6.07) is 8.54. The molecule has 1 aromatic carbocycles. The van der Waals surface area contributed by atoms with Crippen molar-refractivity contribution in [1.82, 2.24) is 9.97 Å². The molecule has 0 amide bonds. The van der Waals surface area contributed by atoms with Crippen LogP contribution in [-0.2, 0) is 6.42 Å². The van der Waals surface area contributed by atoms with Crippen molar-refractivity contribution < 1.29 is 0 Å². The summed E-state index contributed by atoms with van der Waals surface area (Å²) >= 11 is 0. The Hall–Kier alpha value is -1.90. The lowest BCUT2D eigenvalue weighted by atomic mass is 10.0. The highest BCUT2D eigenvalue weighted by Crippen LogP contribution is 2.18. The molecule has 21 heavy (non-hydrogen) atoms. The largest absolute Gasteiger partial charge is 0.344 e. The maximum atomic E-state index is 11.0. The van der Waals surface area contributed by atoms with E-state index < -0.39 is 0 Å². The Balaban J connectivity index is 1.82. The van der Waals surface area contributed by atoms with Crippen molar-refractivity contribution in [3.63, 3.8) is 0 Å². The SMILES string of the molecule is CCCCCCCCc1ccc(-c2cnc(=O)[nH]c2)cc1. The van der Waals surface area contributed by atoms with E-state index in [1.807, 2.05) is 0 Å². The second kappa shape index (κ2) is 8.40. The van der Waals surface area contributed by atoms with Gasteiger partial charge in [0.25, 0.3) is 0 Å². The fraction of sp³-hybridized carbons (Fsp3) is 0.444. The molecule has 0 saturated carbocycles. The van der Waals surface area contributed by atoms with Gasteiger partial charge in [0.2, 0.25) is 0 Å². The Labute approximate surface area is 126 Å². The van der Waals surface area contributed by atoms with Gasteiger partial charge in [0.15, 0.2) is 0 Å². The zero-order valence-corrected chi connectivity index (χ0v) is 12.8. The van der Waals surface area contributed by atoms with Gasteiger partial charge >= 0.3 is 5.69 Å². The van der Waals surface area contributed by atoms with E-state index in [2.05, 4.69) is 41.2 Å². The van der Waals surface area contributed by atoms with Gasteiger partial charge in [-0.15, -0.1) is 0 Å². The molecule has 1 aromatic heterocycles. The first-order valence-corrected chi connectivity index (χ1v) is 7.93. The zero-order chi connectivity index (χ0) is 14.9. The molecular weight excluding hydrogens is 260 g/mol. The highest BCUT2D eigenvalue weighted by atomic mass is 16.1. The molecule has 2 rings (SSSR count). The molecule has 0 radical (unpaired) electrons. The van der Waals surface area contributed by atoms with Gasteiger partial charge in [-0.2, -0.15) is 0 Å². The normalized spacial score (nSPS) is 10.7. The molecule has 0 aliphatic rings. The Kier molecular flexibility index (Phi) is 6.20. The number of hydrogen-bond acceptors (Lipinski definition) is 2. The topological polar surface area (TPSA) is 45.8 Å². The number of H-pyrrole nitrogens is 1. The molecule has 0 unspecified atom stereocenters. The Morgan fingerprint density at radius 3 is 2.33 bits per heavy atom. The molecule has 0 spiro atoms. The van der Waals surface area contributed by atoms with Gasteiger partial charge in [-0.05, 0) is 24.0 Å². The standard InChI is InChI=1S/C18H24N2O/c1-2-3-4-5-6-7-8-15-9-11-16(12-10-15)17-13-19-18(21)20-14-17/h9-14H,2-8H2,1H3,(H,19,20,21). The number of nitrogens with one attached hydrogen (secondary N) is 1. The molecule has 0 saturated heterocycles. The van der Waals surface area contributed by atoms with Gasteiger partial charge in [0, 0.05) is 18.0 Å². The summed E-state index contributed by atoms with van der Waals surface area (Å²) in [4.78, 5) is 17.3. The van der Waals surface area contributed by atoms with E-state index >= 15 is 0 Å². The molecule has 0 atom stereocenters. The summed E-state index contributed by atoms with van der Waals surface area (Å²) in [7, 11) is 0. The van der Waals surface area contributed by atoms with Gasteiger partial charge in [-0.25, -0.2) is 9.78 Å². The molecule has 3 heteroatoms. The van der Waals surface area contributed by atoms with Gasteiger partial charge in [-0.1, -0.05) is 63.3 Å². The van der Waals surface area contributed by atoms with Crippen LogP contribution in [0.2, 0.25) is 0 Å². The molecular formula is C18H24N2O. The molecule has 0 bridgehead atoms. The number of nitrogens with zero attached hydrogens (tertiary/aromatic N) is 1. The first kappa shape index (κ1) is 15.5. The number of hydrogen-bond donors (Lipinski definition) is 1. The second-order valence-corrected chi connectivity index (χ2v) is 5.52. The molecule has 1 N–H and O–H groups in total. The van der Waals surface area contributed by atoms with Crippen LogP contribution >= 0.6 is 0 Å². The van der Waals surface area contributed by atoms with Crippen LogP contribution in [0.15, 0.2) is 41.5 Å². The molecule has 2 aromatic rings. The van der Waals surface area contributed by atoms with Crippen LogP contribution in [0.25, 0.3) is 11.1 Å². The molecule has 112 valence electrons. The number of benzene rings is 1. The Bertz CT molecular complexity index is 566. The third kappa shape index (κ3) is 5.18. The van der Waals surface area contributed by atoms with Crippen LogP contribution in [0.3, 0.4) is 0 Å². The summed E-state index contributed by atoms with van der Waals surface area (Å²) in [5, 5.41) is 0. The van der Waals surface area contributed by atoms with Crippen molar-refractivity contribution in [2.45, 2.75) is 51.9 Å². The van der Waals surface area contributed by atoms with Crippen LogP contribution in [0, 0.1) is 0 Å². The first-order valence-electron chi connectivity index (χ1n) is 7.93. The van der Waals surface area contributed by atoms with E-state index in [-0.39, 0.29) is 5.69 Å². The van der Waals surface area contributed by atoms with E-state index in [0.29, 0.717) is 0 Å². The van der Waals surface area contributed by atoms with E-state index in [0.717, 1.165) is 17.5 Å². The van der Waals surface area contributed by atoms with Crippen molar-refractivity contribution in [3.05, 3.63) is 52.7 Å². The van der Waals surface area contributed by atoms with E-state index in [4.69, 9.17) is 0 Å². The molecule has 0 fully saturated rings. The highest BCUT2D eigenvalue weighted by molar-refractivity contribution is 5.61. The average molecular weight is 284 g/mol. The number of rotatable bonds is 8. The number of unbranched alkanes of at least 4 members (excludes halogenated alkanes) is 5. The van der Waals surface area contributed by atoms with Crippen LogP contribution in [0.4, 0.5) is 0 Å². The van der Waals surface area contributed by atoms with Crippen LogP contribution in [0.5, 0.6) is 0 Å². The first-order chi connectivity index (χ1) is 10.3. The number of aromatic nitrogens is 2. The lowest BCUT2D eigenvalue weighted by Gasteiger charge is -2.04. The van der Waals surface area contributed by atoms with Gasteiger partial charge in [0.1, 0.15) is 0 Å². The summed E-state index contributed by atoms with van der Waals surface area (Å²) in [5.74, 6) is 0. The second-order valence-electron chi connectivity index (χ2n) is 5.52. The minimum atomic E-state index is -0.307. The van der Waals surface area contributed by atoms with E-state index in [9.17, 15) is 4.79 Å². The Morgan fingerprint density at radius 1 is 0.952 bits per heavy atom. The molecule has 3 nitrogen and oxygen atoms in total. The van der Waals surface area contributed by atoms with Gasteiger partial charge < -0.3 is 4.98 Å². The lowest BCUT2D eigenvalue weighted by molar-refractivity contribution is 0.607. The summed E-state index contributed by atoms with van der Waals surface area (Å²) in [5.41, 5.74) is 3.11. The fourth-order valence-electron chi connectivity index (χ4n) is 2.47. The smallest absolute Gasteiger partial charge is 0.312 e. The fourth-order valence-corrected chi connectivity index (χ4v) is 2.47. The highest BCUT2D eigenvalue weighted by Gasteiger charge is 1.99. The van der Waals surface area contributed by atoms with Crippen LogP contribution < -0.4 is 5.69 Å². The van der Waals surface area contributed by atoms with Gasteiger partial charge in [-0.3, -0.25) is 0 Å². The minimum Gasteiger partial charge on any atom is -0.312 e. The predicted octanol–water partition coefficient (Wildman–Crippen LogP) is 4.34. The number of aryl methyl sites for hydroxylation is 1.